The first-order valence-corrected chi connectivity index (χ1v) is 6.82. The van der Waals surface area contributed by atoms with E-state index in [1.807, 2.05) is 0 Å². The van der Waals surface area contributed by atoms with Crippen LogP contribution in [0, 0.1) is 0 Å². The third kappa shape index (κ3) is 9.57. The first-order valence-electron chi connectivity index (χ1n) is 5.36. The van der Waals surface area contributed by atoms with Crippen molar-refractivity contribution in [2.75, 3.05) is 0 Å². The summed E-state index contributed by atoms with van der Waals surface area (Å²) in [4.78, 5) is 64.1. The predicted molar refractivity (Wildman–Crippen MR) is 62.6 cm³/mol. The second kappa shape index (κ2) is 8.48. The van der Waals surface area contributed by atoms with E-state index in [1.165, 1.54) is 0 Å². The Kier molecular flexibility index (Phi) is 7.39. The highest BCUT2D eigenvalue weighted by Gasteiger charge is 2.40. The zero-order valence-electron chi connectivity index (χ0n) is 11.0. The molecule has 0 spiro atoms. The van der Waals surface area contributed by atoms with E-state index < -0.39 is 62.9 Å². The minimum Gasteiger partial charge on any atom is -0.481 e. The molecule has 0 unspecified atom stereocenters. The minimum absolute atomic E-state index is 1.35. The Morgan fingerprint density at radius 3 is 1.00 bits per heavy atom. The van der Waals surface area contributed by atoms with Crippen molar-refractivity contribution < 1.29 is 62.2 Å². The number of rotatable bonds is 9. The van der Waals surface area contributed by atoms with E-state index in [1.54, 1.807) is 0 Å². The van der Waals surface area contributed by atoms with Crippen molar-refractivity contribution in [2.45, 2.75) is 19.3 Å². The molecule has 128 valence electrons. The van der Waals surface area contributed by atoms with Crippen molar-refractivity contribution in [3.05, 3.63) is 0 Å². The molecular formula is C9H9O13P. The van der Waals surface area contributed by atoms with Crippen LogP contribution in [0.5, 0.6) is 0 Å². The number of aliphatic carboxylic acids is 3. The molecule has 0 rings (SSSR count). The van der Waals surface area contributed by atoms with Crippen LogP contribution in [0.25, 0.3) is 0 Å². The fourth-order valence-corrected chi connectivity index (χ4v) is 1.95. The maximum Gasteiger partial charge on any atom is 0.653 e. The number of carbonyl (C=O) groups excluding carboxylic acids is 3. The number of hydrogen-bond acceptors (Lipinski definition) is 10. The lowest BCUT2D eigenvalue weighted by Gasteiger charge is -2.15. The molecule has 0 saturated heterocycles. The minimum atomic E-state index is -5.40. The van der Waals surface area contributed by atoms with Gasteiger partial charge in [-0.3, -0.25) is 28.8 Å². The van der Waals surface area contributed by atoms with Crippen molar-refractivity contribution >= 4 is 43.6 Å². The van der Waals surface area contributed by atoms with Gasteiger partial charge in [0, 0.05) is 0 Å². The lowest BCUT2D eigenvalue weighted by Crippen LogP contribution is -2.18. The smallest absolute Gasteiger partial charge is 0.481 e. The van der Waals surface area contributed by atoms with Crippen LogP contribution in [-0.4, -0.2) is 51.1 Å². The summed E-state index contributed by atoms with van der Waals surface area (Å²) in [5, 5.41) is 25.0. The van der Waals surface area contributed by atoms with E-state index in [0.29, 0.717) is 0 Å². The molecule has 0 aromatic heterocycles. The van der Waals surface area contributed by atoms with Crippen LogP contribution < -0.4 is 0 Å². The van der Waals surface area contributed by atoms with Crippen molar-refractivity contribution in [1.82, 2.24) is 0 Å². The molecule has 23 heavy (non-hydrogen) atoms. The molecule has 13 nitrogen and oxygen atoms in total. The molecule has 0 saturated carbocycles. The Labute approximate surface area is 126 Å². The summed E-state index contributed by atoms with van der Waals surface area (Å²) in [6.45, 7) is 0. The van der Waals surface area contributed by atoms with Gasteiger partial charge in [0.15, 0.2) is 0 Å². The van der Waals surface area contributed by atoms with Crippen LogP contribution in [0.3, 0.4) is 0 Å². The van der Waals surface area contributed by atoms with Crippen molar-refractivity contribution in [2.24, 2.45) is 0 Å². The zero-order valence-corrected chi connectivity index (χ0v) is 11.9. The van der Waals surface area contributed by atoms with Crippen LogP contribution in [0.15, 0.2) is 0 Å². The monoisotopic (exact) mass is 356 g/mol. The molecule has 0 aliphatic carbocycles. The zero-order chi connectivity index (χ0) is 18.2. The van der Waals surface area contributed by atoms with Gasteiger partial charge in [0.25, 0.3) is 0 Å². The molecule has 0 aliphatic heterocycles. The summed E-state index contributed by atoms with van der Waals surface area (Å²) < 4.78 is 23.6. The summed E-state index contributed by atoms with van der Waals surface area (Å²) in [6, 6.07) is 0. The topological polar surface area (TPSA) is 208 Å². The van der Waals surface area contributed by atoms with Gasteiger partial charge in [0.2, 0.25) is 0 Å². The maximum atomic E-state index is 11.9. The fraction of sp³-hybridized carbons (Fsp3) is 0.333. The second-order valence-electron chi connectivity index (χ2n) is 3.55. The molecule has 0 aromatic rings. The average Bonchev–Trinajstić information content (AvgIpc) is 2.22. The molecule has 0 atom stereocenters. The average molecular weight is 356 g/mol. The molecule has 3 N–H and O–H groups in total. The highest BCUT2D eigenvalue weighted by atomic mass is 31.2. The fourth-order valence-electron chi connectivity index (χ4n) is 0.897. The molecule has 0 fully saturated rings. The molecule has 0 aliphatic rings. The molecule has 0 heterocycles. The Hall–Kier alpha value is -2.95. The molecule has 0 amide bonds. The number of phosphoric acid groups is 1. The molecule has 0 bridgehead atoms. The van der Waals surface area contributed by atoms with Gasteiger partial charge in [0.1, 0.15) is 19.3 Å². The predicted octanol–water partition coefficient (Wildman–Crippen LogP) is -0.852. The van der Waals surface area contributed by atoms with Crippen LogP contribution in [0.1, 0.15) is 19.3 Å². The van der Waals surface area contributed by atoms with E-state index in [4.69, 9.17) is 15.3 Å². The Balaban J connectivity index is 5.13. The van der Waals surface area contributed by atoms with Crippen molar-refractivity contribution in [3.63, 3.8) is 0 Å². The Morgan fingerprint density at radius 1 is 0.609 bits per heavy atom. The number of phosphoric ester groups is 1. The third-order valence-electron chi connectivity index (χ3n) is 1.53. The van der Waals surface area contributed by atoms with Gasteiger partial charge in [-0.05, 0) is 0 Å². The maximum absolute atomic E-state index is 11.9. The lowest BCUT2D eigenvalue weighted by molar-refractivity contribution is -0.149. The summed E-state index contributed by atoms with van der Waals surface area (Å²) >= 11 is 0. The van der Waals surface area contributed by atoms with E-state index in [-0.39, 0.29) is 0 Å². The molecule has 0 aromatic carbocycles. The van der Waals surface area contributed by atoms with Gasteiger partial charge in [-0.1, -0.05) is 0 Å². The lowest BCUT2D eigenvalue weighted by atomic mass is 10.5. The van der Waals surface area contributed by atoms with Gasteiger partial charge >= 0.3 is 43.6 Å². The summed E-state index contributed by atoms with van der Waals surface area (Å²) in [5.41, 5.74) is 0. The van der Waals surface area contributed by atoms with Gasteiger partial charge in [-0.2, -0.15) is 4.57 Å². The third-order valence-corrected chi connectivity index (χ3v) is 2.81. The largest absolute Gasteiger partial charge is 0.653 e. The van der Waals surface area contributed by atoms with E-state index in [2.05, 4.69) is 13.6 Å². The first-order chi connectivity index (χ1) is 10.4. The normalized spacial score (nSPS) is 10.3. The van der Waals surface area contributed by atoms with Gasteiger partial charge in [-0.15, -0.1) is 0 Å². The van der Waals surface area contributed by atoms with Crippen LogP contribution in [0.4, 0.5) is 0 Å². The molecule has 14 heteroatoms. The quantitative estimate of drug-likeness (QED) is 0.340. The Morgan fingerprint density at radius 2 is 0.826 bits per heavy atom. The van der Waals surface area contributed by atoms with Gasteiger partial charge in [-0.25, -0.2) is 0 Å². The summed E-state index contributed by atoms with van der Waals surface area (Å²) in [7, 11) is -5.40. The Bertz CT molecular complexity index is 509. The van der Waals surface area contributed by atoms with E-state index in [0.717, 1.165) is 0 Å². The number of carboxylic acids is 3. The van der Waals surface area contributed by atoms with Crippen LogP contribution >= 0.6 is 7.82 Å². The first kappa shape index (κ1) is 20.1. The van der Waals surface area contributed by atoms with Crippen LogP contribution in [-0.2, 0) is 46.9 Å². The van der Waals surface area contributed by atoms with Gasteiger partial charge in [0.05, 0.1) is 0 Å². The highest BCUT2D eigenvalue weighted by Crippen LogP contribution is 2.50. The van der Waals surface area contributed by atoms with Gasteiger partial charge < -0.3 is 28.9 Å². The SMILES string of the molecule is O=C(O)CC(=O)OP(=O)(OC(=O)CC(=O)O)OC(=O)CC(=O)O. The number of hydrogen-bond donors (Lipinski definition) is 3. The van der Waals surface area contributed by atoms with Crippen molar-refractivity contribution in [1.29, 1.82) is 0 Å². The van der Waals surface area contributed by atoms with Crippen molar-refractivity contribution in [3.8, 4) is 0 Å². The number of carbonyl (C=O) groups is 6. The summed E-state index contributed by atoms with van der Waals surface area (Å²) in [5.74, 6) is -10.4. The van der Waals surface area contributed by atoms with E-state index in [9.17, 15) is 33.3 Å². The second-order valence-corrected chi connectivity index (χ2v) is 4.99. The molecule has 0 radical (unpaired) electrons. The van der Waals surface area contributed by atoms with Crippen LogP contribution in [0.2, 0.25) is 0 Å². The number of carboxylic acid groups (broad SMARTS) is 3. The standard InChI is InChI=1S/C9H9O13P/c10-4(11)1-7(16)20-23(19,21-8(17)2-5(12)13)22-9(18)3-6(14)15/h1-3H2,(H,10,11)(H,12,13)(H,14,15). The molecular weight excluding hydrogens is 347 g/mol. The highest BCUT2D eigenvalue weighted by molar-refractivity contribution is 7.50. The summed E-state index contributed by atoms with van der Waals surface area (Å²) in [6.07, 6.45) is -4.05. The van der Waals surface area contributed by atoms with E-state index >= 15 is 0 Å².